The summed E-state index contributed by atoms with van der Waals surface area (Å²) in [7, 11) is 0. The molecule has 2 rings (SSSR count). The number of nitrogens with two attached hydrogens (primary N) is 1. The molecule has 4 N–H and O–H groups in total. The molecule has 0 saturated heterocycles. The van der Waals surface area contributed by atoms with E-state index in [4.69, 9.17) is 10.8 Å². The van der Waals surface area contributed by atoms with Gasteiger partial charge in [0.2, 0.25) is 0 Å². The van der Waals surface area contributed by atoms with E-state index in [1.54, 1.807) is 12.1 Å². The van der Waals surface area contributed by atoms with Gasteiger partial charge in [-0.15, -0.1) is 0 Å². The average molecular weight is 235 g/mol. The minimum Gasteiger partial charge on any atom is -0.508 e. The van der Waals surface area contributed by atoms with Gasteiger partial charge in [0.15, 0.2) is 0 Å². The molecule has 92 valence electrons. The summed E-state index contributed by atoms with van der Waals surface area (Å²) in [5, 5.41) is 18.5. The van der Waals surface area contributed by atoms with Crippen molar-refractivity contribution >= 4 is 5.97 Å². The maximum Gasteiger partial charge on any atom is 0.325 e. The van der Waals surface area contributed by atoms with Crippen molar-refractivity contribution < 1.29 is 15.0 Å². The molecule has 0 amide bonds. The Bertz CT molecular complexity index is 425. The predicted octanol–water partition coefficient (Wildman–Crippen LogP) is 2.13. The van der Waals surface area contributed by atoms with Gasteiger partial charge in [-0.2, -0.15) is 0 Å². The third-order valence-corrected chi connectivity index (χ3v) is 3.48. The molecule has 0 radical (unpaired) electrons. The molecular weight excluding hydrogens is 218 g/mol. The van der Waals surface area contributed by atoms with E-state index in [0.717, 1.165) is 18.4 Å². The first kappa shape index (κ1) is 11.9. The molecule has 0 spiro atoms. The maximum atomic E-state index is 10.8. The second-order valence-corrected chi connectivity index (χ2v) is 4.62. The fraction of sp³-hybridized carbons (Fsp3) is 0.462. The lowest BCUT2D eigenvalue weighted by atomic mass is 9.93. The van der Waals surface area contributed by atoms with Crippen LogP contribution in [0.1, 0.15) is 48.8 Å². The van der Waals surface area contributed by atoms with E-state index in [9.17, 15) is 9.90 Å². The highest BCUT2D eigenvalue weighted by atomic mass is 16.4. The van der Waals surface area contributed by atoms with Gasteiger partial charge in [-0.05, 0) is 36.5 Å². The van der Waals surface area contributed by atoms with Crippen molar-refractivity contribution in [3.05, 3.63) is 29.3 Å². The zero-order chi connectivity index (χ0) is 12.4. The van der Waals surface area contributed by atoms with Crippen molar-refractivity contribution in [2.45, 2.75) is 37.6 Å². The quantitative estimate of drug-likeness (QED) is 0.749. The highest BCUT2D eigenvalue weighted by Crippen LogP contribution is 2.36. The summed E-state index contributed by atoms with van der Waals surface area (Å²) >= 11 is 0. The van der Waals surface area contributed by atoms with Crippen molar-refractivity contribution in [3.63, 3.8) is 0 Å². The molecule has 0 aliphatic heterocycles. The highest BCUT2D eigenvalue weighted by molar-refractivity contribution is 5.76. The molecule has 4 heteroatoms. The third kappa shape index (κ3) is 2.42. The van der Waals surface area contributed by atoms with Crippen LogP contribution in [0.5, 0.6) is 5.75 Å². The van der Waals surface area contributed by atoms with Crippen molar-refractivity contribution in [1.29, 1.82) is 0 Å². The van der Waals surface area contributed by atoms with Crippen LogP contribution in [0.3, 0.4) is 0 Å². The molecule has 0 unspecified atom stereocenters. The zero-order valence-electron chi connectivity index (χ0n) is 9.60. The minimum atomic E-state index is -1.16. The van der Waals surface area contributed by atoms with Gasteiger partial charge in [0.25, 0.3) is 0 Å². The lowest BCUT2D eigenvalue weighted by Gasteiger charge is -2.14. The molecule has 1 aromatic rings. The number of aromatic hydroxyl groups is 1. The number of hydrogen-bond donors (Lipinski definition) is 3. The van der Waals surface area contributed by atoms with E-state index in [1.165, 1.54) is 12.8 Å². The third-order valence-electron chi connectivity index (χ3n) is 3.48. The van der Waals surface area contributed by atoms with E-state index in [0.29, 0.717) is 11.5 Å². The van der Waals surface area contributed by atoms with Crippen LogP contribution < -0.4 is 5.73 Å². The van der Waals surface area contributed by atoms with Crippen LogP contribution in [0.25, 0.3) is 0 Å². The number of benzene rings is 1. The summed E-state index contributed by atoms with van der Waals surface area (Å²) in [6.07, 6.45) is 4.69. The molecule has 1 aliphatic rings. The highest BCUT2D eigenvalue weighted by Gasteiger charge is 2.22. The van der Waals surface area contributed by atoms with Gasteiger partial charge in [0, 0.05) is 5.56 Å². The van der Waals surface area contributed by atoms with Crippen molar-refractivity contribution in [2.75, 3.05) is 0 Å². The number of aliphatic carboxylic acids is 1. The Morgan fingerprint density at radius 2 is 2.00 bits per heavy atom. The van der Waals surface area contributed by atoms with Crippen molar-refractivity contribution in [2.24, 2.45) is 5.73 Å². The van der Waals surface area contributed by atoms with Gasteiger partial charge < -0.3 is 15.9 Å². The van der Waals surface area contributed by atoms with E-state index in [2.05, 4.69) is 0 Å². The number of carboxylic acids is 1. The summed E-state index contributed by atoms with van der Waals surface area (Å²) in [6, 6.07) is 4.00. The first-order valence-corrected chi connectivity index (χ1v) is 5.91. The van der Waals surface area contributed by atoms with Crippen molar-refractivity contribution in [1.82, 2.24) is 0 Å². The topological polar surface area (TPSA) is 83.6 Å². The normalized spacial score (nSPS) is 18.2. The number of phenolic OH excluding ortho intramolecular Hbond substituents is 1. The fourth-order valence-electron chi connectivity index (χ4n) is 2.47. The lowest BCUT2D eigenvalue weighted by molar-refractivity contribution is -0.138. The summed E-state index contributed by atoms with van der Waals surface area (Å²) in [5.41, 5.74) is 6.94. The van der Waals surface area contributed by atoms with Gasteiger partial charge in [-0.25, -0.2) is 0 Å². The molecule has 17 heavy (non-hydrogen) atoms. The Morgan fingerprint density at radius 1 is 1.35 bits per heavy atom. The Kier molecular flexibility index (Phi) is 3.33. The van der Waals surface area contributed by atoms with E-state index < -0.39 is 12.0 Å². The van der Waals surface area contributed by atoms with Gasteiger partial charge in [-0.1, -0.05) is 18.9 Å². The molecule has 1 aromatic carbocycles. The van der Waals surface area contributed by atoms with Crippen molar-refractivity contribution in [3.8, 4) is 5.75 Å². The van der Waals surface area contributed by atoms with Crippen LogP contribution >= 0.6 is 0 Å². The van der Waals surface area contributed by atoms with Gasteiger partial charge in [0.05, 0.1) is 0 Å². The molecular formula is C13H17NO3. The van der Waals surface area contributed by atoms with Crippen LogP contribution in [0.4, 0.5) is 0 Å². The maximum absolute atomic E-state index is 10.8. The smallest absolute Gasteiger partial charge is 0.325 e. The Morgan fingerprint density at radius 3 is 2.59 bits per heavy atom. The van der Waals surface area contributed by atoms with Gasteiger partial charge in [0.1, 0.15) is 11.8 Å². The largest absolute Gasteiger partial charge is 0.508 e. The SMILES string of the molecule is N[C@H](C(=O)O)c1cc(C2CCCC2)ccc1O. The lowest BCUT2D eigenvalue weighted by Crippen LogP contribution is -2.21. The van der Waals surface area contributed by atoms with E-state index in [-0.39, 0.29) is 5.75 Å². The molecule has 1 atom stereocenters. The van der Waals surface area contributed by atoms with Crippen LogP contribution in [0.2, 0.25) is 0 Å². The Hall–Kier alpha value is -1.55. The molecule has 1 aliphatic carbocycles. The van der Waals surface area contributed by atoms with E-state index in [1.807, 2.05) is 6.07 Å². The van der Waals surface area contributed by atoms with Crippen LogP contribution in [0.15, 0.2) is 18.2 Å². The molecule has 1 saturated carbocycles. The average Bonchev–Trinajstić information content (AvgIpc) is 2.82. The van der Waals surface area contributed by atoms with Gasteiger partial charge >= 0.3 is 5.97 Å². The predicted molar refractivity (Wildman–Crippen MR) is 63.9 cm³/mol. The Balaban J connectivity index is 2.31. The molecule has 0 aromatic heterocycles. The summed E-state index contributed by atoms with van der Waals surface area (Å²) < 4.78 is 0. The molecule has 0 heterocycles. The fourth-order valence-corrected chi connectivity index (χ4v) is 2.47. The van der Waals surface area contributed by atoms with Crippen LogP contribution in [-0.2, 0) is 4.79 Å². The summed E-state index contributed by atoms with van der Waals surface area (Å²) in [6.45, 7) is 0. The van der Waals surface area contributed by atoms with Crippen LogP contribution in [-0.4, -0.2) is 16.2 Å². The van der Waals surface area contributed by atoms with Gasteiger partial charge in [-0.3, -0.25) is 4.79 Å². The van der Waals surface area contributed by atoms with E-state index >= 15 is 0 Å². The summed E-state index contributed by atoms with van der Waals surface area (Å²) in [4.78, 5) is 10.8. The standard InChI is InChI=1S/C13H17NO3/c14-12(13(16)17)10-7-9(5-6-11(10)15)8-3-1-2-4-8/h5-8,12,15H,1-4,14H2,(H,16,17)/t12-/m0/s1. The molecule has 4 nitrogen and oxygen atoms in total. The minimum absolute atomic E-state index is 0.0401. The molecule has 0 bridgehead atoms. The first-order valence-electron chi connectivity index (χ1n) is 5.91. The number of carboxylic acid groups (broad SMARTS) is 1. The number of hydrogen-bond acceptors (Lipinski definition) is 3. The second kappa shape index (κ2) is 4.75. The first-order chi connectivity index (χ1) is 8.09. The second-order valence-electron chi connectivity index (χ2n) is 4.62. The molecule has 1 fully saturated rings. The zero-order valence-corrected chi connectivity index (χ0v) is 9.60. The Labute approximate surface area is 100 Å². The van der Waals surface area contributed by atoms with Crippen LogP contribution in [0, 0.1) is 0 Å². The number of phenols is 1. The number of carbonyl (C=O) groups is 1. The summed E-state index contributed by atoms with van der Waals surface area (Å²) in [5.74, 6) is -0.680. The number of rotatable bonds is 3. The monoisotopic (exact) mass is 235 g/mol.